The molecule has 29 heavy (non-hydrogen) atoms. The molecule has 1 aliphatic rings. The smallest absolute Gasteiger partial charge is 0.263 e. The number of fused-ring (bicyclic) bond motifs is 2. The second-order valence-electron chi connectivity index (χ2n) is 8.18. The summed E-state index contributed by atoms with van der Waals surface area (Å²) in [6, 6.07) is 14.0. The van der Waals surface area contributed by atoms with Crippen LogP contribution in [0.2, 0.25) is 0 Å². The van der Waals surface area contributed by atoms with Gasteiger partial charge in [0.1, 0.15) is 5.75 Å². The van der Waals surface area contributed by atoms with Crippen LogP contribution in [0.4, 0.5) is 0 Å². The van der Waals surface area contributed by atoms with Crippen LogP contribution >= 0.6 is 0 Å². The first-order chi connectivity index (χ1) is 14.1. The van der Waals surface area contributed by atoms with Crippen LogP contribution in [0, 0.1) is 5.92 Å². The number of nitrogens with zero attached hydrogens (tertiary/aromatic N) is 3. The van der Waals surface area contributed by atoms with Gasteiger partial charge in [-0.1, -0.05) is 25.1 Å². The minimum atomic E-state index is -0.0468. The summed E-state index contributed by atoms with van der Waals surface area (Å²) >= 11 is 0. The zero-order chi connectivity index (χ0) is 20.0. The maximum absolute atomic E-state index is 13.1. The fourth-order valence-electron chi connectivity index (χ4n) is 4.48. The molecule has 0 atom stereocenters. The molecule has 0 amide bonds. The number of aromatic nitrogens is 3. The van der Waals surface area contributed by atoms with Crippen molar-refractivity contribution in [3.8, 4) is 11.4 Å². The molecule has 0 radical (unpaired) electrons. The molecule has 0 aliphatic heterocycles. The van der Waals surface area contributed by atoms with Gasteiger partial charge in [-0.2, -0.15) is 5.10 Å². The Morgan fingerprint density at radius 1 is 1.03 bits per heavy atom. The molecule has 1 aliphatic carbocycles. The van der Waals surface area contributed by atoms with Crippen molar-refractivity contribution in [2.75, 3.05) is 7.11 Å². The standard InChI is InChI=1S/C24H25N3O2/c1-16-7-9-19(10-8-16)27-15-18-13-22(23(29-2)14-21(18)25-27)26-12-11-17-5-3-4-6-20(17)24(26)28/h3-6,11-16,19H,7-10H2,1-2H3. The van der Waals surface area contributed by atoms with Gasteiger partial charge in [-0.3, -0.25) is 14.0 Å². The van der Waals surface area contributed by atoms with E-state index in [-0.39, 0.29) is 5.56 Å². The molecule has 1 saturated carbocycles. The molecule has 1 fully saturated rings. The number of methoxy groups -OCH3 is 1. The largest absolute Gasteiger partial charge is 0.494 e. The number of hydrogen-bond acceptors (Lipinski definition) is 3. The Balaban J connectivity index is 1.62. The van der Waals surface area contributed by atoms with Crippen molar-refractivity contribution in [3.05, 3.63) is 65.2 Å². The molecule has 0 saturated heterocycles. The van der Waals surface area contributed by atoms with Crippen LogP contribution in [-0.4, -0.2) is 21.5 Å². The molecule has 2 heterocycles. The van der Waals surface area contributed by atoms with Gasteiger partial charge in [-0.25, -0.2) is 0 Å². The Labute approximate surface area is 169 Å². The van der Waals surface area contributed by atoms with E-state index >= 15 is 0 Å². The Bertz CT molecular complexity index is 1250. The fraction of sp³-hybridized carbons (Fsp3) is 0.333. The quantitative estimate of drug-likeness (QED) is 0.491. The average molecular weight is 387 g/mol. The van der Waals surface area contributed by atoms with Gasteiger partial charge >= 0.3 is 0 Å². The van der Waals surface area contributed by atoms with Gasteiger partial charge in [-0.15, -0.1) is 0 Å². The topological polar surface area (TPSA) is 49.0 Å². The first kappa shape index (κ1) is 18.0. The van der Waals surface area contributed by atoms with Gasteiger partial charge in [0.25, 0.3) is 5.56 Å². The van der Waals surface area contributed by atoms with E-state index in [0.29, 0.717) is 17.2 Å². The molecule has 5 nitrogen and oxygen atoms in total. The SMILES string of the molecule is COc1cc2nn(C3CCC(C)CC3)cc2cc1-n1ccc2ccccc2c1=O. The highest BCUT2D eigenvalue weighted by Crippen LogP contribution is 2.34. The lowest BCUT2D eigenvalue weighted by atomic mass is 9.87. The molecule has 148 valence electrons. The minimum Gasteiger partial charge on any atom is -0.494 e. The summed E-state index contributed by atoms with van der Waals surface area (Å²) in [6.07, 6.45) is 8.78. The monoisotopic (exact) mass is 387 g/mol. The highest BCUT2D eigenvalue weighted by Gasteiger charge is 2.21. The van der Waals surface area contributed by atoms with Crippen LogP contribution in [0.25, 0.3) is 27.4 Å². The Morgan fingerprint density at radius 2 is 1.83 bits per heavy atom. The molecular weight excluding hydrogens is 362 g/mol. The molecule has 5 rings (SSSR count). The summed E-state index contributed by atoms with van der Waals surface area (Å²) in [7, 11) is 1.64. The summed E-state index contributed by atoms with van der Waals surface area (Å²) in [5.41, 5.74) is 1.60. The number of hydrogen-bond donors (Lipinski definition) is 0. The number of pyridine rings is 1. The van der Waals surface area contributed by atoms with Crippen molar-refractivity contribution in [3.63, 3.8) is 0 Å². The van der Waals surface area contributed by atoms with E-state index in [1.54, 1.807) is 11.7 Å². The van der Waals surface area contributed by atoms with Crippen LogP contribution < -0.4 is 10.3 Å². The van der Waals surface area contributed by atoms with Crippen LogP contribution in [0.1, 0.15) is 38.6 Å². The van der Waals surface area contributed by atoms with Crippen LogP contribution in [-0.2, 0) is 0 Å². The van der Waals surface area contributed by atoms with E-state index in [1.165, 1.54) is 25.7 Å². The van der Waals surface area contributed by atoms with Gasteiger partial charge in [0, 0.05) is 29.2 Å². The Hall–Kier alpha value is -3.08. The summed E-state index contributed by atoms with van der Waals surface area (Å²) < 4.78 is 9.42. The number of benzene rings is 2. The van der Waals surface area contributed by atoms with E-state index in [1.807, 2.05) is 48.7 Å². The molecule has 2 aromatic heterocycles. The van der Waals surface area contributed by atoms with Crippen molar-refractivity contribution < 1.29 is 4.74 Å². The summed E-state index contributed by atoms with van der Waals surface area (Å²) in [6.45, 7) is 2.33. The molecular formula is C24H25N3O2. The highest BCUT2D eigenvalue weighted by molar-refractivity contribution is 5.85. The Kier molecular flexibility index (Phi) is 4.38. The van der Waals surface area contributed by atoms with E-state index in [4.69, 9.17) is 9.84 Å². The molecule has 0 spiro atoms. The van der Waals surface area contributed by atoms with Gasteiger partial charge in [-0.05, 0) is 55.2 Å². The molecule has 0 bridgehead atoms. The molecule has 0 N–H and O–H groups in total. The van der Waals surface area contributed by atoms with Crippen LogP contribution in [0.15, 0.2) is 59.7 Å². The van der Waals surface area contributed by atoms with Crippen molar-refractivity contribution in [2.24, 2.45) is 5.92 Å². The molecule has 4 aromatic rings. The molecule has 0 unspecified atom stereocenters. The van der Waals surface area contributed by atoms with Crippen LogP contribution in [0.3, 0.4) is 0 Å². The third-order valence-electron chi connectivity index (χ3n) is 6.25. The third kappa shape index (κ3) is 3.11. The maximum atomic E-state index is 13.1. The summed E-state index contributed by atoms with van der Waals surface area (Å²) in [5, 5.41) is 7.49. The number of rotatable bonds is 3. The zero-order valence-corrected chi connectivity index (χ0v) is 16.8. The van der Waals surface area contributed by atoms with Gasteiger partial charge in [0.05, 0.1) is 24.4 Å². The Morgan fingerprint density at radius 3 is 2.62 bits per heavy atom. The molecule has 2 aromatic carbocycles. The lowest BCUT2D eigenvalue weighted by molar-refractivity contribution is 0.275. The molecule has 5 heteroatoms. The van der Waals surface area contributed by atoms with Gasteiger partial charge in [0.2, 0.25) is 0 Å². The van der Waals surface area contributed by atoms with Crippen molar-refractivity contribution in [1.29, 1.82) is 0 Å². The van der Waals surface area contributed by atoms with Gasteiger partial charge in [0.15, 0.2) is 0 Å². The van der Waals surface area contributed by atoms with Gasteiger partial charge < -0.3 is 4.74 Å². The lowest BCUT2D eigenvalue weighted by Gasteiger charge is -2.26. The second kappa shape index (κ2) is 7.07. The lowest BCUT2D eigenvalue weighted by Crippen LogP contribution is -2.18. The minimum absolute atomic E-state index is 0.0468. The van der Waals surface area contributed by atoms with Crippen molar-refractivity contribution in [1.82, 2.24) is 14.3 Å². The summed E-state index contributed by atoms with van der Waals surface area (Å²) in [5.74, 6) is 1.46. The average Bonchev–Trinajstić information content (AvgIpc) is 3.17. The maximum Gasteiger partial charge on any atom is 0.263 e. The third-order valence-corrected chi connectivity index (χ3v) is 6.25. The normalized spacial score (nSPS) is 19.7. The predicted molar refractivity (Wildman–Crippen MR) is 116 cm³/mol. The van der Waals surface area contributed by atoms with E-state index < -0.39 is 0 Å². The van der Waals surface area contributed by atoms with Crippen molar-refractivity contribution >= 4 is 21.7 Å². The van der Waals surface area contributed by atoms with Crippen LogP contribution in [0.5, 0.6) is 5.75 Å². The second-order valence-corrected chi connectivity index (χ2v) is 8.18. The first-order valence-corrected chi connectivity index (χ1v) is 10.3. The number of ether oxygens (including phenoxy) is 1. The fourth-order valence-corrected chi connectivity index (χ4v) is 4.48. The predicted octanol–water partition coefficient (Wildman–Crippen LogP) is 5.10. The first-order valence-electron chi connectivity index (χ1n) is 10.3. The van der Waals surface area contributed by atoms with E-state index in [0.717, 1.165) is 27.9 Å². The summed E-state index contributed by atoms with van der Waals surface area (Å²) in [4.78, 5) is 13.1. The van der Waals surface area contributed by atoms with E-state index in [2.05, 4.69) is 17.8 Å². The van der Waals surface area contributed by atoms with Crippen molar-refractivity contribution in [2.45, 2.75) is 38.6 Å². The zero-order valence-electron chi connectivity index (χ0n) is 16.8. The highest BCUT2D eigenvalue weighted by atomic mass is 16.5. The van der Waals surface area contributed by atoms with E-state index in [9.17, 15) is 4.79 Å².